The van der Waals surface area contributed by atoms with Crippen LogP contribution in [-0.4, -0.2) is 29.5 Å². The monoisotopic (exact) mass is 378 g/mol. The van der Waals surface area contributed by atoms with Crippen LogP contribution in [0.25, 0.3) is 10.9 Å². The van der Waals surface area contributed by atoms with Crippen LogP contribution in [0, 0.1) is 0 Å². The summed E-state index contributed by atoms with van der Waals surface area (Å²) in [5.74, 6) is 0.936. The van der Waals surface area contributed by atoms with Crippen LogP contribution in [0.15, 0.2) is 54.7 Å². The fourth-order valence-electron chi connectivity index (χ4n) is 3.57. The van der Waals surface area contributed by atoms with Crippen molar-refractivity contribution in [2.75, 3.05) is 19.6 Å². The molecule has 0 atom stereocenters. The first-order chi connectivity index (χ1) is 13.8. The minimum absolute atomic E-state index is 0.605. The van der Waals surface area contributed by atoms with Crippen LogP contribution in [-0.2, 0) is 13.0 Å². The largest absolute Gasteiger partial charge is 0.489 e. The third-order valence-electron chi connectivity index (χ3n) is 5.34. The van der Waals surface area contributed by atoms with Crippen LogP contribution in [0.4, 0.5) is 0 Å². The van der Waals surface area contributed by atoms with Gasteiger partial charge in [0.15, 0.2) is 0 Å². The maximum absolute atomic E-state index is 6.03. The average Bonchev–Trinajstić information content (AvgIpc) is 3.15. The molecule has 0 bridgehead atoms. The molecule has 0 unspecified atom stereocenters. The molecule has 28 heavy (non-hydrogen) atoms. The molecule has 3 nitrogen and oxygen atoms in total. The van der Waals surface area contributed by atoms with Gasteiger partial charge in [-0.3, -0.25) is 0 Å². The van der Waals surface area contributed by atoms with Gasteiger partial charge in [0.05, 0.1) is 0 Å². The molecule has 2 aromatic carbocycles. The zero-order valence-electron chi connectivity index (χ0n) is 17.4. The molecule has 150 valence electrons. The zero-order chi connectivity index (χ0) is 19.6. The third-order valence-corrected chi connectivity index (χ3v) is 5.34. The van der Waals surface area contributed by atoms with Crippen molar-refractivity contribution in [1.29, 1.82) is 0 Å². The van der Waals surface area contributed by atoms with Crippen molar-refractivity contribution in [2.24, 2.45) is 0 Å². The molecule has 0 spiro atoms. The number of nitrogens with one attached hydrogen (secondary N) is 1. The number of H-pyrrole nitrogens is 1. The van der Waals surface area contributed by atoms with E-state index in [0.29, 0.717) is 6.61 Å². The van der Waals surface area contributed by atoms with E-state index < -0.39 is 0 Å². The Morgan fingerprint density at radius 1 is 0.893 bits per heavy atom. The smallest absolute Gasteiger partial charge is 0.120 e. The molecule has 1 N–H and O–H groups in total. The minimum Gasteiger partial charge on any atom is -0.489 e. The topological polar surface area (TPSA) is 28.3 Å². The molecule has 0 fully saturated rings. The fraction of sp³-hybridized carbons (Fsp3) is 0.440. The Kier molecular flexibility index (Phi) is 7.98. The first kappa shape index (κ1) is 20.5. The lowest BCUT2D eigenvalue weighted by molar-refractivity contribution is 0.268. The molecule has 3 aromatic rings. The molecule has 1 heterocycles. The third kappa shape index (κ3) is 5.87. The SMILES string of the molecule is CCCCN(CCCC)CCc1c[nH]c2ccc(OCc3ccccc3)cc12. The molecule has 1 aromatic heterocycles. The van der Waals surface area contributed by atoms with Gasteiger partial charge in [-0.2, -0.15) is 0 Å². The van der Waals surface area contributed by atoms with Gasteiger partial charge in [-0.15, -0.1) is 0 Å². The van der Waals surface area contributed by atoms with Gasteiger partial charge < -0.3 is 14.6 Å². The molecular weight excluding hydrogens is 344 g/mol. The molecule has 0 amide bonds. The molecule has 0 aliphatic heterocycles. The first-order valence-electron chi connectivity index (χ1n) is 10.8. The normalized spacial score (nSPS) is 11.4. The van der Waals surface area contributed by atoms with E-state index in [1.165, 1.54) is 60.8 Å². The molecule has 0 radical (unpaired) electrons. The van der Waals surface area contributed by atoms with Crippen LogP contribution < -0.4 is 4.74 Å². The first-order valence-corrected chi connectivity index (χ1v) is 10.8. The molecule has 0 saturated heterocycles. The highest BCUT2D eigenvalue weighted by molar-refractivity contribution is 5.84. The maximum Gasteiger partial charge on any atom is 0.120 e. The fourth-order valence-corrected chi connectivity index (χ4v) is 3.57. The van der Waals surface area contributed by atoms with Crippen LogP contribution in [0.5, 0.6) is 5.75 Å². The number of aromatic nitrogens is 1. The highest BCUT2D eigenvalue weighted by atomic mass is 16.5. The molecule has 3 heteroatoms. The van der Waals surface area contributed by atoms with Gasteiger partial charge >= 0.3 is 0 Å². The lowest BCUT2D eigenvalue weighted by Gasteiger charge is -2.21. The van der Waals surface area contributed by atoms with E-state index in [1.807, 2.05) is 6.07 Å². The molecule has 0 aliphatic carbocycles. The predicted octanol–water partition coefficient (Wildman–Crippen LogP) is 6.19. The summed E-state index contributed by atoms with van der Waals surface area (Å²) in [6.45, 7) is 8.70. The van der Waals surface area contributed by atoms with Gasteiger partial charge in [-0.25, -0.2) is 0 Å². The number of aromatic amines is 1. The van der Waals surface area contributed by atoms with Gasteiger partial charge in [0.1, 0.15) is 12.4 Å². The van der Waals surface area contributed by atoms with Crippen LogP contribution in [0.2, 0.25) is 0 Å². The Labute approximate surface area is 169 Å². The Balaban J connectivity index is 1.64. The van der Waals surface area contributed by atoms with E-state index in [9.17, 15) is 0 Å². The second-order valence-electron chi connectivity index (χ2n) is 7.59. The van der Waals surface area contributed by atoms with Crippen LogP contribution >= 0.6 is 0 Å². The standard InChI is InChI=1S/C25H34N2O/c1-3-5-15-27(16-6-4-2)17-14-22-19-26-25-13-12-23(18-24(22)25)28-20-21-10-8-7-9-11-21/h7-13,18-19,26H,3-6,14-17,20H2,1-2H3. The summed E-state index contributed by atoms with van der Waals surface area (Å²) in [7, 11) is 0. The highest BCUT2D eigenvalue weighted by Crippen LogP contribution is 2.25. The van der Waals surface area contributed by atoms with Crippen LogP contribution in [0.1, 0.15) is 50.7 Å². The lowest BCUT2D eigenvalue weighted by Crippen LogP contribution is -2.28. The quantitative estimate of drug-likeness (QED) is 0.407. The summed E-state index contributed by atoms with van der Waals surface area (Å²) in [6, 6.07) is 16.7. The summed E-state index contributed by atoms with van der Waals surface area (Å²) < 4.78 is 6.03. The van der Waals surface area contributed by atoms with E-state index in [0.717, 1.165) is 18.7 Å². The summed E-state index contributed by atoms with van der Waals surface area (Å²) in [6.07, 6.45) is 8.35. The van der Waals surface area contributed by atoms with Crippen molar-refractivity contribution in [3.63, 3.8) is 0 Å². The van der Waals surface area contributed by atoms with Crippen molar-refractivity contribution in [1.82, 2.24) is 9.88 Å². The molecule has 0 saturated carbocycles. The number of benzene rings is 2. The van der Waals surface area contributed by atoms with E-state index in [-0.39, 0.29) is 0 Å². The Bertz CT molecular complexity index is 817. The number of unbranched alkanes of at least 4 members (excludes halogenated alkanes) is 2. The summed E-state index contributed by atoms with van der Waals surface area (Å²) >= 11 is 0. The number of hydrogen-bond donors (Lipinski definition) is 1. The number of fused-ring (bicyclic) bond motifs is 1. The molecular formula is C25H34N2O. The number of hydrogen-bond acceptors (Lipinski definition) is 2. The van der Waals surface area contributed by atoms with E-state index in [4.69, 9.17) is 4.74 Å². The lowest BCUT2D eigenvalue weighted by atomic mass is 10.1. The molecule has 3 rings (SSSR count). The van der Waals surface area contributed by atoms with E-state index >= 15 is 0 Å². The van der Waals surface area contributed by atoms with Crippen molar-refractivity contribution in [3.8, 4) is 5.75 Å². The zero-order valence-corrected chi connectivity index (χ0v) is 17.4. The molecule has 0 aliphatic rings. The van der Waals surface area contributed by atoms with Crippen molar-refractivity contribution in [2.45, 2.75) is 52.6 Å². The van der Waals surface area contributed by atoms with Gasteiger partial charge in [-0.05, 0) is 61.7 Å². The van der Waals surface area contributed by atoms with Crippen molar-refractivity contribution < 1.29 is 4.74 Å². The van der Waals surface area contributed by atoms with E-state index in [1.54, 1.807) is 0 Å². The number of ether oxygens (including phenoxy) is 1. The van der Waals surface area contributed by atoms with Gasteiger partial charge in [0.25, 0.3) is 0 Å². The highest BCUT2D eigenvalue weighted by Gasteiger charge is 2.09. The summed E-state index contributed by atoms with van der Waals surface area (Å²) in [5, 5.41) is 1.29. The maximum atomic E-state index is 6.03. The summed E-state index contributed by atoms with van der Waals surface area (Å²) in [4.78, 5) is 6.05. The van der Waals surface area contributed by atoms with Gasteiger partial charge in [0, 0.05) is 23.6 Å². The second-order valence-corrected chi connectivity index (χ2v) is 7.59. The van der Waals surface area contributed by atoms with Gasteiger partial charge in [-0.1, -0.05) is 57.0 Å². The van der Waals surface area contributed by atoms with Crippen LogP contribution in [0.3, 0.4) is 0 Å². The average molecular weight is 379 g/mol. The number of rotatable bonds is 12. The van der Waals surface area contributed by atoms with Gasteiger partial charge in [0.2, 0.25) is 0 Å². The van der Waals surface area contributed by atoms with E-state index in [2.05, 4.69) is 72.4 Å². The van der Waals surface area contributed by atoms with Crippen molar-refractivity contribution >= 4 is 10.9 Å². The second kappa shape index (κ2) is 10.9. The Morgan fingerprint density at radius 2 is 1.64 bits per heavy atom. The van der Waals surface area contributed by atoms with Crippen molar-refractivity contribution in [3.05, 3.63) is 65.9 Å². The minimum atomic E-state index is 0.605. The summed E-state index contributed by atoms with van der Waals surface area (Å²) in [5.41, 5.74) is 3.77. The predicted molar refractivity (Wildman–Crippen MR) is 119 cm³/mol. The Morgan fingerprint density at radius 3 is 2.36 bits per heavy atom. The Hall–Kier alpha value is -2.26. The number of nitrogens with zero attached hydrogens (tertiary/aromatic N) is 1.